The molecule has 186 valence electrons. The van der Waals surface area contributed by atoms with E-state index in [0.717, 1.165) is 6.07 Å². The minimum atomic E-state index is -4.63. The second-order valence-corrected chi connectivity index (χ2v) is 8.15. The molecule has 7 nitrogen and oxygen atoms in total. The molecule has 0 bridgehead atoms. The highest BCUT2D eigenvalue weighted by atomic mass is 19.4. The highest BCUT2D eigenvalue weighted by Crippen LogP contribution is 2.32. The maximum atomic E-state index is 13.3. The first kappa shape index (κ1) is 24.8. The Morgan fingerprint density at radius 3 is 1.72 bits per heavy atom. The Balaban J connectivity index is 1.32. The number of para-hydroxylation sites is 1. The van der Waals surface area contributed by atoms with Crippen LogP contribution in [-0.2, 0) is 6.18 Å². The number of carbonyl (C=O) groups excluding carboxylic acids is 3. The average molecular weight is 496 g/mol. The molecule has 3 aromatic carbocycles. The predicted octanol–water partition coefficient (Wildman–Crippen LogP) is 4.95. The van der Waals surface area contributed by atoms with Crippen LogP contribution in [0.4, 0.5) is 29.3 Å². The molecule has 0 unspecified atom stereocenters. The van der Waals surface area contributed by atoms with Crippen LogP contribution < -0.4 is 10.6 Å². The summed E-state index contributed by atoms with van der Waals surface area (Å²) in [5, 5.41) is 5.38. The van der Waals surface area contributed by atoms with Crippen molar-refractivity contribution >= 4 is 29.2 Å². The van der Waals surface area contributed by atoms with E-state index in [1.807, 2.05) is 6.07 Å². The number of urea groups is 1. The van der Waals surface area contributed by atoms with E-state index in [0.29, 0.717) is 16.9 Å². The molecule has 36 heavy (non-hydrogen) atoms. The zero-order chi connectivity index (χ0) is 25.7. The van der Waals surface area contributed by atoms with E-state index >= 15 is 0 Å². The Bertz CT molecular complexity index is 1240. The summed E-state index contributed by atoms with van der Waals surface area (Å²) in [6.07, 6.45) is -4.63. The molecule has 0 saturated carbocycles. The highest BCUT2D eigenvalue weighted by molar-refractivity contribution is 6.00. The fourth-order valence-corrected chi connectivity index (χ4v) is 3.89. The van der Waals surface area contributed by atoms with Crippen LogP contribution in [0.25, 0.3) is 0 Å². The van der Waals surface area contributed by atoms with Gasteiger partial charge in [0.15, 0.2) is 0 Å². The van der Waals surface area contributed by atoms with Crippen LogP contribution >= 0.6 is 0 Å². The molecule has 2 N–H and O–H groups in total. The lowest BCUT2D eigenvalue weighted by atomic mass is 10.1. The van der Waals surface area contributed by atoms with Crippen molar-refractivity contribution in [3.63, 3.8) is 0 Å². The molecule has 1 heterocycles. The third kappa shape index (κ3) is 5.83. The quantitative estimate of drug-likeness (QED) is 0.537. The van der Waals surface area contributed by atoms with Crippen LogP contribution in [0.2, 0.25) is 0 Å². The van der Waals surface area contributed by atoms with Gasteiger partial charge < -0.3 is 20.4 Å². The Morgan fingerprint density at radius 2 is 1.14 bits per heavy atom. The molecule has 0 radical (unpaired) electrons. The molecule has 1 fully saturated rings. The number of benzene rings is 3. The number of amides is 4. The SMILES string of the molecule is O=C(Nc1ccccc1)Nc1ccc(C(=O)N2CCN(C(=O)c3ccccc3C(F)(F)F)CC2)cc1. The van der Waals surface area contributed by atoms with Crippen LogP contribution in [0, 0.1) is 0 Å². The number of nitrogens with zero attached hydrogens (tertiary/aromatic N) is 2. The number of rotatable bonds is 4. The number of carbonyl (C=O) groups is 3. The zero-order valence-corrected chi connectivity index (χ0v) is 19.1. The summed E-state index contributed by atoms with van der Waals surface area (Å²) < 4.78 is 39.8. The van der Waals surface area contributed by atoms with E-state index in [1.165, 1.54) is 23.1 Å². The first-order chi connectivity index (χ1) is 17.2. The second-order valence-electron chi connectivity index (χ2n) is 8.15. The van der Waals surface area contributed by atoms with Gasteiger partial charge in [-0.25, -0.2) is 4.79 Å². The zero-order valence-electron chi connectivity index (χ0n) is 19.1. The van der Waals surface area contributed by atoms with Crippen molar-refractivity contribution in [3.05, 3.63) is 95.6 Å². The van der Waals surface area contributed by atoms with Gasteiger partial charge in [-0.1, -0.05) is 30.3 Å². The summed E-state index contributed by atoms with van der Waals surface area (Å²) in [6, 6.07) is 19.6. The van der Waals surface area contributed by atoms with Crippen molar-refractivity contribution in [3.8, 4) is 0 Å². The van der Waals surface area contributed by atoms with E-state index < -0.39 is 29.2 Å². The van der Waals surface area contributed by atoms with Crippen LogP contribution in [-0.4, -0.2) is 53.8 Å². The minimum Gasteiger partial charge on any atom is -0.335 e. The molecule has 4 amide bonds. The third-order valence-electron chi connectivity index (χ3n) is 5.74. The van der Waals surface area contributed by atoms with E-state index in [-0.39, 0.29) is 32.1 Å². The largest absolute Gasteiger partial charge is 0.417 e. The van der Waals surface area contributed by atoms with E-state index in [2.05, 4.69) is 10.6 Å². The summed E-state index contributed by atoms with van der Waals surface area (Å²) in [7, 11) is 0. The lowest BCUT2D eigenvalue weighted by Crippen LogP contribution is -2.50. The van der Waals surface area contributed by atoms with Gasteiger partial charge in [0, 0.05) is 43.1 Å². The number of anilines is 2. The fourth-order valence-electron chi connectivity index (χ4n) is 3.89. The van der Waals surface area contributed by atoms with Gasteiger partial charge in [-0.15, -0.1) is 0 Å². The van der Waals surface area contributed by atoms with Crippen molar-refractivity contribution in [2.45, 2.75) is 6.18 Å². The Kier molecular flexibility index (Phi) is 7.23. The fraction of sp³-hybridized carbons (Fsp3) is 0.192. The Labute approximate surface area is 205 Å². The average Bonchev–Trinajstić information content (AvgIpc) is 2.88. The molecule has 1 aliphatic heterocycles. The number of halogens is 3. The maximum absolute atomic E-state index is 13.3. The van der Waals surface area contributed by atoms with Crippen molar-refractivity contribution in [2.75, 3.05) is 36.8 Å². The Morgan fingerprint density at radius 1 is 0.639 bits per heavy atom. The molecular formula is C26H23F3N4O3. The molecular weight excluding hydrogens is 473 g/mol. The lowest BCUT2D eigenvalue weighted by Gasteiger charge is -2.35. The van der Waals surface area contributed by atoms with Crippen LogP contribution in [0.15, 0.2) is 78.9 Å². The van der Waals surface area contributed by atoms with Gasteiger partial charge in [0.05, 0.1) is 11.1 Å². The summed E-state index contributed by atoms with van der Waals surface area (Å²) in [5.41, 5.74) is 0.162. The monoisotopic (exact) mass is 496 g/mol. The number of hydrogen-bond acceptors (Lipinski definition) is 3. The predicted molar refractivity (Wildman–Crippen MR) is 129 cm³/mol. The van der Waals surface area contributed by atoms with Crippen molar-refractivity contribution in [1.29, 1.82) is 0 Å². The van der Waals surface area contributed by atoms with Gasteiger partial charge in [0.25, 0.3) is 11.8 Å². The van der Waals surface area contributed by atoms with Gasteiger partial charge in [-0.05, 0) is 48.5 Å². The number of nitrogens with one attached hydrogen (secondary N) is 2. The van der Waals surface area contributed by atoms with Gasteiger partial charge in [-0.2, -0.15) is 13.2 Å². The molecule has 10 heteroatoms. The molecule has 0 aromatic heterocycles. The Hall–Kier alpha value is -4.34. The van der Waals surface area contributed by atoms with Crippen molar-refractivity contribution < 1.29 is 27.6 Å². The molecule has 3 aromatic rings. The summed E-state index contributed by atoms with van der Waals surface area (Å²) in [5.74, 6) is -0.975. The summed E-state index contributed by atoms with van der Waals surface area (Å²) in [4.78, 5) is 40.6. The highest BCUT2D eigenvalue weighted by Gasteiger charge is 2.36. The van der Waals surface area contributed by atoms with E-state index in [9.17, 15) is 27.6 Å². The standard InChI is InChI=1S/C26H23F3N4O3/c27-26(28,29)22-9-5-4-8-21(22)24(35)33-16-14-32(15-17-33)23(34)18-10-12-20(13-11-18)31-25(36)30-19-6-2-1-3-7-19/h1-13H,14-17H2,(H2,30,31,36). The maximum Gasteiger partial charge on any atom is 0.417 e. The van der Waals surface area contributed by atoms with Crippen molar-refractivity contribution in [2.24, 2.45) is 0 Å². The van der Waals surface area contributed by atoms with Crippen LogP contribution in [0.3, 0.4) is 0 Å². The number of hydrogen-bond donors (Lipinski definition) is 2. The normalized spacial score (nSPS) is 13.8. The topological polar surface area (TPSA) is 81.8 Å². The van der Waals surface area contributed by atoms with Gasteiger partial charge in [0.1, 0.15) is 0 Å². The first-order valence-electron chi connectivity index (χ1n) is 11.2. The van der Waals surface area contributed by atoms with E-state index in [4.69, 9.17) is 0 Å². The molecule has 1 saturated heterocycles. The molecule has 0 atom stereocenters. The van der Waals surface area contributed by atoms with Gasteiger partial charge in [-0.3, -0.25) is 9.59 Å². The summed E-state index contributed by atoms with van der Waals surface area (Å²) >= 11 is 0. The summed E-state index contributed by atoms with van der Waals surface area (Å²) in [6.45, 7) is 0.628. The molecule has 4 rings (SSSR count). The smallest absolute Gasteiger partial charge is 0.335 e. The van der Waals surface area contributed by atoms with Gasteiger partial charge in [0.2, 0.25) is 0 Å². The third-order valence-corrected chi connectivity index (χ3v) is 5.74. The van der Waals surface area contributed by atoms with Crippen LogP contribution in [0.1, 0.15) is 26.3 Å². The lowest BCUT2D eigenvalue weighted by molar-refractivity contribution is -0.138. The number of piperazine rings is 1. The number of alkyl halides is 3. The second kappa shape index (κ2) is 10.5. The first-order valence-corrected chi connectivity index (χ1v) is 11.2. The minimum absolute atomic E-state index is 0.121. The van der Waals surface area contributed by atoms with Crippen LogP contribution in [0.5, 0.6) is 0 Å². The van der Waals surface area contributed by atoms with Crippen molar-refractivity contribution in [1.82, 2.24) is 9.80 Å². The molecule has 0 aliphatic carbocycles. The van der Waals surface area contributed by atoms with Gasteiger partial charge >= 0.3 is 12.2 Å². The molecule has 0 spiro atoms. The molecule has 1 aliphatic rings. The van der Waals surface area contributed by atoms with E-state index in [1.54, 1.807) is 53.4 Å².